The molecule has 0 saturated heterocycles. The Morgan fingerprint density at radius 2 is 1.66 bits per heavy atom. The highest BCUT2D eigenvalue weighted by Gasteiger charge is 2.50. The SMILES string of the molecule is O=C1C[C@@H](c2ccco2)CC2=C1[C@H](c1ccco1)N(C(=O)C(F)(F)F)c1ccccc1N2. The third-order valence-corrected chi connectivity index (χ3v) is 5.71. The van der Waals surface area contributed by atoms with E-state index >= 15 is 0 Å². The number of hydrogen-bond donors (Lipinski definition) is 1. The van der Waals surface area contributed by atoms with Gasteiger partial charge in [0.25, 0.3) is 0 Å². The summed E-state index contributed by atoms with van der Waals surface area (Å²) in [4.78, 5) is 26.6. The van der Waals surface area contributed by atoms with Crippen LogP contribution in [0.2, 0.25) is 0 Å². The molecule has 164 valence electrons. The molecule has 0 unspecified atom stereocenters. The van der Waals surface area contributed by atoms with Crippen LogP contribution < -0.4 is 10.2 Å². The highest BCUT2D eigenvalue weighted by molar-refractivity contribution is 6.07. The topological polar surface area (TPSA) is 75.7 Å². The third kappa shape index (κ3) is 3.30. The zero-order chi connectivity index (χ0) is 22.5. The minimum Gasteiger partial charge on any atom is -0.469 e. The summed E-state index contributed by atoms with van der Waals surface area (Å²) in [5, 5.41) is 3.13. The first-order valence-electron chi connectivity index (χ1n) is 9.94. The molecule has 9 heteroatoms. The summed E-state index contributed by atoms with van der Waals surface area (Å²) >= 11 is 0. The van der Waals surface area contributed by atoms with E-state index in [4.69, 9.17) is 8.83 Å². The minimum absolute atomic E-state index is 0.00738. The Morgan fingerprint density at radius 1 is 0.969 bits per heavy atom. The van der Waals surface area contributed by atoms with Crippen LogP contribution in [-0.2, 0) is 9.59 Å². The van der Waals surface area contributed by atoms with E-state index in [0.717, 1.165) is 0 Å². The number of furan rings is 2. The van der Waals surface area contributed by atoms with E-state index in [1.54, 1.807) is 24.3 Å². The lowest BCUT2D eigenvalue weighted by atomic mass is 9.81. The molecule has 1 aliphatic heterocycles. The standard InChI is InChI=1S/C23H17F3N2O4/c24-23(25,26)22(30)28-16-6-2-1-5-14(16)27-15-11-13(18-7-3-9-31-18)12-17(29)20(15)21(28)19-8-4-10-32-19/h1-10,13,21,27H,11-12H2/t13-,21-/m0/s1. The summed E-state index contributed by atoms with van der Waals surface area (Å²) in [6.07, 6.45) is -1.98. The van der Waals surface area contributed by atoms with Gasteiger partial charge < -0.3 is 14.2 Å². The van der Waals surface area contributed by atoms with Crippen LogP contribution in [0.3, 0.4) is 0 Å². The molecule has 0 radical (unpaired) electrons. The summed E-state index contributed by atoms with van der Waals surface area (Å²) in [6.45, 7) is 0. The Labute approximate surface area is 180 Å². The number of nitrogens with zero attached hydrogens (tertiary/aromatic N) is 1. The van der Waals surface area contributed by atoms with E-state index < -0.39 is 18.1 Å². The number of fused-ring (bicyclic) bond motifs is 1. The highest BCUT2D eigenvalue weighted by atomic mass is 19.4. The molecule has 32 heavy (non-hydrogen) atoms. The van der Waals surface area contributed by atoms with E-state index in [2.05, 4.69) is 5.32 Å². The Hall–Kier alpha value is -3.75. The number of hydrogen-bond acceptors (Lipinski definition) is 5. The number of benzene rings is 1. The fourth-order valence-corrected chi connectivity index (χ4v) is 4.39. The van der Waals surface area contributed by atoms with Gasteiger partial charge >= 0.3 is 12.1 Å². The molecule has 2 atom stereocenters. The molecule has 5 rings (SSSR count). The number of carbonyl (C=O) groups is 2. The van der Waals surface area contributed by atoms with Crippen molar-refractivity contribution in [3.05, 3.63) is 83.8 Å². The van der Waals surface area contributed by atoms with Crippen LogP contribution in [0.1, 0.15) is 36.3 Å². The first-order chi connectivity index (χ1) is 15.3. The average molecular weight is 442 g/mol. The molecule has 6 nitrogen and oxygen atoms in total. The molecule has 1 amide bonds. The van der Waals surface area contributed by atoms with Crippen LogP contribution in [-0.4, -0.2) is 17.9 Å². The lowest BCUT2D eigenvalue weighted by molar-refractivity contribution is -0.171. The molecule has 1 N–H and O–H groups in total. The number of anilines is 2. The van der Waals surface area contributed by atoms with Gasteiger partial charge in [-0.2, -0.15) is 13.2 Å². The second kappa shape index (κ2) is 7.44. The van der Waals surface area contributed by atoms with E-state index in [1.165, 1.54) is 36.8 Å². The van der Waals surface area contributed by atoms with Crippen molar-refractivity contribution in [2.24, 2.45) is 0 Å². The maximum absolute atomic E-state index is 13.7. The van der Waals surface area contributed by atoms with Crippen LogP contribution in [0.4, 0.5) is 24.5 Å². The van der Waals surface area contributed by atoms with E-state index in [-0.39, 0.29) is 35.1 Å². The van der Waals surface area contributed by atoms with E-state index in [0.29, 0.717) is 28.5 Å². The van der Waals surface area contributed by atoms with E-state index in [1.807, 2.05) is 0 Å². The number of para-hydroxylation sites is 2. The largest absolute Gasteiger partial charge is 0.471 e. The van der Waals surface area contributed by atoms with Crippen molar-refractivity contribution in [2.45, 2.75) is 31.0 Å². The van der Waals surface area contributed by atoms with Crippen LogP contribution >= 0.6 is 0 Å². The van der Waals surface area contributed by atoms with Crippen molar-refractivity contribution < 1.29 is 31.6 Å². The molecule has 0 fully saturated rings. The molecule has 3 heterocycles. The Bertz CT molecular complexity index is 1200. The smallest absolute Gasteiger partial charge is 0.469 e. The van der Waals surface area contributed by atoms with Crippen molar-refractivity contribution in [2.75, 3.05) is 10.2 Å². The summed E-state index contributed by atoms with van der Waals surface area (Å²) in [7, 11) is 0. The number of Topliss-reactive ketones (excluding diaryl/α,β-unsaturated/α-hetero) is 1. The van der Waals surface area contributed by atoms with Gasteiger partial charge in [0.05, 0.1) is 23.9 Å². The maximum Gasteiger partial charge on any atom is 0.471 e. The van der Waals surface area contributed by atoms with E-state index in [9.17, 15) is 22.8 Å². The summed E-state index contributed by atoms with van der Waals surface area (Å²) in [5.41, 5.74) is 0.818. The lowest BCUT2D eigenvalue weighted by Crippen LogP contribution is -2.45. The highest BCUT2D eigenvalue weighted by Crippen LogP contribution is 2.48. The molecule has 2 aromatic heterocycles. The number of nitrogens with one attached hydrogen (secondary N) is 1. The second-order valence-corrected chi connectivity index (χ2v) is 7.67. The molecule has 0 saturated carbocycles. The molecule has 2 aliphatic rings. The van der Waals surface area contributed by atoms with Crippen LogP contribution in [0.5, 0.6) is 0 Å². The van der Waals surface area contributed by atoms with Gasteiger partial charge in [-0.25, -0.2) is 0 Å². The Balaban J connectivity index is 1.73. The third-order valence-electron chi connectivity index (χ3n) is 5.71. The quantitative estimate of drug-likeness (QED) is 0.580. The van der Waals surface area contributed by atoms with Crippen molar-refractivity contribution in [1.82, 2.24) is 0 Å². The van der Waals surface area contributed by atoms with Crippen LogP contribution in [0, 0.1) is 0 Å². The summed E-state index contributed by atoms with van der Waals surface area (Å²) < 4.78 is 52.0. The first-order valence-corrected chi connectivity index (χ1v) is 9.94. The van der Waals surface area contributed by atoms with Crippen molar-refractivity contribution in [3.8, 4) is 0 Å². The molecular weight excluding hydrogens is 425 g/mol. The van der Waals surface area contributed by atoms with Crippen molar-refractivity contribution in [3.63, 3.8) is 0 Å². The van der Waals surface area contributed by atoms with Gasteiger partial charge in [0, 0.05) is 23.6 Å². The molecule has 1 aliphatic carbocycles. The Morgan fingerprint density at radius 3 is 2.31 bits per heavy atom. The second-order valence-electron chi connectivity index (χ2n) is 7.67. The fourth-order valence-electron chi connectivity index (χ4n) is 4.39. The monoisotopic (exact) mass is 442 g/mol. The number of halogens is 3. The number of amides is 1. The minimum atomic E-state index is -5.16. The Kier molecular flexibility index (Phi) is 4.69. The van der Waals surface area contributed by atoms with Crippen LogP contribution in [0.15, 0.2) is 81.2 Å². The first kappa shape index (κ1) is 20.2. The maximum atomic E-state index is 13.7. The number of allylic oxidation sites excluding steroid dienone is 1. The van der Waals surface area contributed by atoms with Gasteiger partial charge in [0.1, 0.15) is 17.6 Å². The summed E-state index contributed by atoms with van der Waals surface area (Å²) in [5.74, 6) is -2.06. The van der Waals surface area contributed by atoms with Gasteiger partial charge in [0.15, 0.2) is 5.78 Å². The van der Waals surface area contributed by atoms with Gasteiger partial charge in [-0.1, -0.05) is 12.1 Å². The average Bonchev–Trinajstić information content (AvgIpc) is 3.44. The molecule has 3 aromatic rings. The van der Waals surface area contributed by atoms with Gasteiger partial charge in [0.2, 0.25) is 0 Å². The number of rotatable bonds is 2. The lowest BCUT2D eigenvalue weighted by Gasteiger charge is -2.33. The zero-order valence-corrected chi connectivity index (χ0v) is 16.6. The molecule has 0 bridgehead atoms. The van der Waals surface area contributed by atoms with Crippen molar-refractivity contribution in [1.29, 1.82) is 0 Å². The van der Waals surface area contributed by atoms with Gasteiger partial charge in [-0.15, -0.1) is 0 Å². The normalized spacial score (nSPS) is 21.0. The number of ketones is 1. The van der Waals surface area contributed by atoms with Gasteiger partial charge in [-0.05, 0) is 42.8 Å². The number of carbonyl (C=O) groups excluding carboxylic acids is 2. The van der Waals surface area contributed by atoms with Crippen LogP contribution in [0.25, 0.3) is 0 Å². The summed E-state index contributed by atoms with van der Waals surface area (Å²) in [6, 6.07) is 11.2. The number of alkyl halides is 3. The molecule has 1 aromatic carbocycles. The fraction of sp³-hybridized carbons (Fsp3) is 0.217. The zero-order valence-electron chi connectivity index (χ0n) is 16.6. The van der Waals surface area contributed by atoms with Gasteiger partial charge in [-0.3, -0.25) is 14.5 Å². The predicted molar refractivity (Wildman–Crippen MR) is 108 cm³/mol. The molecular formula is C23H17F3N2O4. The molecule has 0 spiro atoms. The van der Waals surface area contributed by atoms with Crippen molar-refractivity contribution >= 4 is 23.1 Å². The predicted octanol–water partition coefficient (Wildman–Crippen LogP) is 5.34.